The molecule has 0 bridgehead atoms. The van der Waals surface area contributed by atoms with Crippen molar-refractivity contribution in [2.75, 3.05) is 17.9 Å². The third-order valence-electron chi connectivity index (χ3n) is 7.06. The average Bonchev–Trinajstić information content (AvgIpc) is 3.02. The Bertz CT molecular complexity index is 1600. The van der Waals surface area contributed by atoms with Crippen molar-refractivity contribution < 1.29 is 18.0 Å². The molecule has 0 fully saturated rings. The summed E-state index contributed by atoms with van der Waals surface area (Å²) < 4.78 is 29.0. The summed E-state index contributed by atoms with van der Waals surface area (Å²) >= 11 is 6.49. The molecule has 1 N–H and O–H groups in total. The van der Waals surface area contributed by atoms with Gasteiger partial charge < -0.3 is 10.2 Å². The van der Waals surface area contributed by atoms with Crippen molar-refractivity contribution in [2.45, 2.75) is 37.2 Å². The van der Waals surface area contributed by atoms with Gasteiger partial charge in [-0.15, -0.1) is 0 Å². The largest absolute Gasteiger partial charge is 0.357 e. The first kappa shape index (κ1) is 30.8. The fourth-order valence-electron chi connectivity index (χ4n) is 4.68. The van der Waals surface area contributed by atoms with Gasteiger partial charge in [0.2, 0.25) is 11.8 Å². The third kappa shape index (κ3) is 7.38. The van der Waals surface area contributed by atoms with Gasteiger partial charge in [0.05, 0.1) is 10.6 Å². The van der Waals surface area contributed by atoms with Crippen LogP contribution in [-0.4, -0.2) is 44.8 Å². The van der Waals surface area contributed by atoms with Gasteiger partial charge >= 0.3 is 0 Å². The molecule has 1 atom stereocenters. The monoisotopic (exact) mass is 603 g/mol. The number of sulfonamides is 1. The van der Waals surface area contributed by atoms with Crippen LogP contribution in [0.1, 0.15) is 23.6 Å². The lowest BCUT2D eigenvalue weighted by atomic mass is 10.0. The van der Waals surface area contributed by atoms with Crippen LogP contribution in [0.4, 0.5) is 5.69 Å². The zero-order valence-corrected chi connectivity index (χ0v) is 25.2. The Morgan fingerprint density at radius 1 is 0.810 bits per heavy atom. The van der Waals surface area contributed by atoms with Gasteiger partial charge in [0.15, 0.2) is 0 Å². The molecule has 9 heteroatoms. The highest BCUT2D eigenvalue weighted by atomic mass is 35.5. The van der Waals surface area contributed by atoms with Crippen LogP contribution < -0.4 is 9.62 Å². The Hall–Kier alpha value is -4.14. The summed E-state index contributed by atoms with van der Waals surface area (Å²) in [5.41, 5.74) is 2.87. The van der Waals surface area contributed by atoms with Gasteiger partial charge in [-0.2, -0.15) is 0 Å². The van der Waals surface area contributed by atoms with E-state index in [1.807, 2.05) is 49.4 Å². The van der Waals surface area contributed by atoms with Crippen LogP contribution >= 0.6 is 11.6 Å². The molecule has 0 spiro atoms. The molecule has 4 aromatic rings. The van der Waals surface area contributed by atoms with Crippen LogP contribution in [0.25, 0.3) is 0 Å². The zero-order valence-electron chi connectivity index (χ0n) is 23.6. The van der Waals surface area contributed by atoms with Gasteiger partial charge in [0, 0.05) is 25.0 Å². The lowest BCUT2D eigenvalue weighted by Crippen LogP contribution is -2.53. The Balaban J connectivity index is 1.79. The van der Waals surface area contributed by atoms with E-state index in [4.69, 9.17) is 11.6 Å². The number of hydrogen-bond donors (Lipinski definition) is 1. The number of amides is 2. The molecular formula is C33H34ClN3O4S. The second-order valence-corrected chi connectivity index (χ2v) is 12.0. The summed E-state index contributed by atoms with van der Waals surface area (Å²) in [4.78, 5) is 29.1. The highest BCUT2D eigenvalue weighted by Gasteiger charge is 2.34. The number of nitrogens with zero attached hydrogens (tertiary/aromatic N) is 2. The number of nitrogens with one attached hydrogen (secondary N) is 1. The number of benzene rings is 4. The lowest BCUT2D eigenvalue weighted by Gasteiger charge is -2.33. The number of aryl methyl sites for hydroxylation is 1. The van der Waals surface area contributed by atoms with Crippen molar-refractivity contribution in [1.29, 1.82) is 0 Å². The zero-order chi connectivity index (χ0) is 30.1. The first-order valence-electron chi connectivity index (χ1n) is 13.7. The summed E-state index contributed by atoms with van der Waals surface area (Å²) in [6, 6.07) is 30.6. The summed E-state index contributed by atoms with van der Waals surface area (Å²) in [5.74, 6) is -0.914. The topological polar surface area (TPSA) is 86.8 Å². The number of carbonyl (C=O) groups excluding carboxylic acids is 2. The van der Waals surface area contributed by atoms with Crippen LogP contribution in [0, 0.1) is 0 Å². The molecule has 0 aliphatic carbocycles. The van der Waals surface area contributed by atoms with Gasteiger partial charge in [-0.25, -0.2) is 8.42 Å². The predicted molar refractivity (Wildman–Crippen MR) is 167 cm³/mol. The van der Waals surface area contributed by atoms with E-state index < -0.39 is 28.5 Å². The molecule has 0 radical (unpaired) electrons. The molecule has 4 aromatic carbocycles. The molecule has 0 heterocycles. The van der Waals surface area contributed by atoms with Gasteiger partial charge in [-0.1, -0.05) is 97.4 Å². The van der Waals surface area contributed by atoms with Crippen molar-refractivity contribution in [3.05, 3.63) is 131 Å². The van der Waals surface area contributed by atoms with Crippen LogP contribution in [0.3, 0.4) is 0 Å². The minimum Gasteiger partial charge on any atom is -0.357 e. The first-order chi connectivity index (χ1) is 20.2. The molecule has 0 aliphatic heterocycles. The van der Waals surface area contributed by atoms with Gasteiger partial charge in [0.25, 0.3) is 10.0 Å². The number of hydrogen-bond acceptors (Lipinski definition) is 4. The SMILES string of the molecule is CCc1ccc(N(CC(=O)N(Cc2ccccc2Cl)C(Cc2ccccc2)C(=O)NC)S(=O)(=O)c2ccccc2)cc1. The Labute approximate surface area is 252 Å². The number of likely N-dealkylation sites (N-methyl/N-ethyl adjacent to an activating group) is 1. The summed E-state index contributed by atoms with van der Waals surface area (Å²) in [7, 11) is -2.62. The Morgan fingerprint density at radius 3 is 2.00 bits per heavy atom. The van der Waals surface area contributed by atoms with Crippen molar-refractivity contribution in [3.8, 4) is 0 Å². The van der Waals surface area contributed by atoms with Crippen molar-refractivity contribution in [3.63, 3.8) is 0 Å². The molecule has 0 saturated heterocycles. The van der Waals surface area contributed by atoms with Crippen LogP contribution in [0.15, 0.2) is 114 Å². The standard InChI is InChI=1S/C33H34ClN3O4S/c1-3-25-18-20-28(21-19-25)37(42(40,41)29-15-8-5-9-16-29)24-32(38)36(23-27-14-10-11-17-30(27)34)31(33(39)35-2)22-26-12-6-4-7-13-26/h4-21,31H,3,22-24H2,1-2H3,(H,35,39). The molecule has 7 nitrogen and oxygen atoms in total. The molecular weight excluding hydrogens is 570 g/mol. The minimum absolute atomic E-state index is 0.0113. The van der Waals surface area contributed by atoms with E-state index in [0.717, 1.165) is 21.9 Å². The van der Waals surface area contributed by atoms with Crippen molar-refractivity contribution in [2.24, 2.45) is 0 Å². The Morgan fingerprint density at radius 2 is 1.40 bits per heavy atom. The summed E-state index contributed by atoms with van der Waals surface area (Å²) in [6.07, 6.45) is 1.01. The van der Waals surface area contributed by atoms with Crippen LogP contribution in [0.2, 0.25) is 5.02 Å². The van der Waals surface area contributed by atoms with Crippen molar-refractivity contribution in [1.82, 2.24) is 10.2 Å². The Kier molecular flexibility index (Phi) is 10.4. The first-order valence-corrected chi connectivity index (χ1v) is 15.5. The van der Waals surface area contributed by atoms with E-state index in [-0.39, 0.29) is 23.8 Å². The number of anilines is 1. The van der Waals surface area contributed by atoms with E-state index in [0.29, 0.717) is 16.3 Å². The highest BCUT2D eigenvalue weighted by Crippen LogP contribution is 2.26. The fourth-order valence-corrected chi connectivity index (χ4v) is 6.31. The molecule has 0 aliphatic rings. The van der Waals surface area contributed by atoms with E-state index in [1.165, 1.54) is 24.1 Å². The second-order valence-electron chi connectivity index (χ2n) is 9.78. The van der Waals surface area contributed by atoms with E-state index >= 15 is 0 Å². The average molecular weight is 604 g/mol. The molecule has 2 amide bonds. The molecule has 0 aromatic heterocycles. The molecule has 218 valence electrons. The van der Waals surface area contributed by atoms with E-state index in [9.17, 15) is 18.0 Å². The smallest absolute Gasteiger partial charge is 0.264 e. The maximum atomic E-state index is 14.3. The maximum Gasteiger partial charge on any atom is 0.264 e. The van der Waals surface area contributed by atoms with Gasteiger partial charge in [-0.05, 0) is 53.4 Å². The summed E-state index contributed by atoms with van der Waals surface area (Å²) in [6.45, 7) is 1.50. The number of rotatable bonds is 12. The van der Waals surface area contributed by atoms with Crippen LogP contribution in [0.5, 0.6) is 0 Å². The summed E-state index contributed by atoms with van der Waals surface area (Å²) in [5, 5.41) is 3.12. The van der Waals surface area contributed by atoms with Crippen LogP contribution in [-0.2, 0) is 39.0 Å². The predicted octanol–water partition coefficient (Wildman–Crippen LogP) is 5.48. The lowest BCUT2D eigenvalue weighted by molar-refractivity contribution is -0.139. The molecule has 1 unspecified atom stereocenters. The molecule has 4 rings (SSSR count). The minimum atomic E-state index is -4.13. The van der Waals surface area contributed by atoms with Gasteiger partial charge in [-0.3, -0.25) is 13.9 Å². The molecule has 0 saturated carbocycles. The van der Waals surface area contributed by atoms with E-state index in [2.05, 4.69) is 5.32 Å². The highest BCUT2D eigenvalue weighted by molar-refractivity contribution is 7.92. The third-order valence-corrected chi connectivity index (χ3v) is 9.22. The van der Waals surface area contributed by atoms with E-state index in [1.54, 1.807) is 54.6 Å². The normalized spacial score (nSPS) is 11.9. The van der Waals surface area contributed by atoms with Gasteiger partial charge in [0.1, 0.15) is 12.6 Å². The number of halogens is 1. The number of carbonyl (C=O) groups is 2. The fraction of sp³-hybridized carbons (Fsp3) is 0.212. The quantitative estimate of drug-likeness (QED) is 0.232. The molecule has 42 heavy (non-hydrogen) atoms. The van der Waals surface area contributed by atoms with Crippen molar-refractivity contribution >= 4 is 39.1 Å². The maximum absolute atomic E-state index is 14.3. The second kappa shape index (κ2) is 14.2.